The minimum absolute atomic E-state index is 0.118. The molecule has 0 fully saturated rings. The number of phenols is 1. The van der Waals surface area contributed by atoms with Gasteiger partial charge in [-0.1, -0.05) is 44.2 Å². The summed E-state index contributed by atoms with van der Waals surface area (Å²) < 4.78 is 11.7. The Bertz CT molecular complexity index is 977. The molecule has 0 bridgehead atoms. The molecule has 1 aromatic heterocycles. The van der Waals surface area contributed by atoms with E-state index in [-0.39, 0.29) is 16.6 Å². The zero-order chi connectivity index (χ0) is 20.6. The lowest BCUT2D eigenvalue weighted by atomic mass is 10.1. The van der Waals surface area contributed by atoms with Gasteiger partial charge in [0.15, 0.2) is 5.43 Å². The zero-order valence-electron chi connectivity index (χ0n) is 17.2. The van der Waals surface area contributed by atoms with E-state index in [9.17, 15) is 9.90 Å². The van der Waals surface area contributed by atoms with Gasteiger partial charge in [0.25, 0.3) is 0 Å². The molecular weight excluding hydrogens is 366 g/mol. The summed E-state index contributed by atoms with van der Waals surface area (Å²) in [6.45, 7) is 8.20. The quantitative estimate of drug-likeness (QED) is 0.486. The first-order valence-electron chi connectivity index (χ1n) is 10.3. The number of benzene rings is 2. The van der Waals surface area contributed by atoms with Crippen molar-refractivity contribution in [2.75, 3.05) is 26.2 Å². The lowest BCUT2D eigenvalue weighted by Gasteiger charge is -2.17. The van der Waals surface area contributed by atoms with Crippen LogP contribution < -0.4 is 10.2 Å². The summed E-state index contributed by atoms with van der Waals surface area (Å²) >= 11 is 0. The number of fused-ring (bicyclic) bond motifs is 1. The molecule has 0 atom stereocenters. The second-order valence-electron chi connectivity index (χ2n) is 7.09. The molecule has 0 amide bonds. The summed E-state index contributed by atoms with van der Waals surface area (Å²) in [5, 5.41) is 10.5. The third-order valence-electron chi connectivity index (χ3n) is 5.12. The molecular formula is C24H29NO4. The molecule has 0 spiro atoms. The summed E-state index contributed by atoms with van der Waals surface area (Å²) in [6.07, 6.45) is 3.17. The van der Waals surface area contributed by atoms with Crippen LogP contribution in [0.5, 0.6) is 11.5 Å². The average Bonchev–Trinajstić information content (AvgIpc) is 2.73. The van der Waals surface area contributed by atoms with Gasteiger partial charge in [0.1, 0.15) is 28.2 Å². The van der Waals surface area contributed by atoms with E-state index in [4.69, 9.17) is 9.15 Å². The van der Waals surface area contributed by atoms with Crippen molar-refractivity contribution in [3.05, 3.63) is 58.8 Å². The Kier molecular flexibility index (Phi) is 7.30. The zero-order valence-corrected chi connectivity index (χ0v) is 17.2. The second kappa shape index (κ2) is 10.1. The molecule has 2 aromatic carbocycles. The van der Waals surface area contributed by atoms with Gasteiger partial charge in [-0.2, -0.15) is 0 Å². The van der Waals surface area contributed by atoms with Crippen molar-refractivity contribution in [2.45, 2.75) is 33.1 Å². The van der Waals surface area contributed by atoms with Gasteiger partial charge in [-0.25, -0.2) is 0 Å². The van der Waals surface area contributed by atoms with Crippen LogP contribution in [-0.2, 0) is 0 Å². The summed E-state index contributed by atoms with van der Waals surface area (Å²) in [6, 6.07) is 14.0. The number of hydrogen-bond donors (Lipinski definition) is 1. The maximum absolute atomic E-state index is 12.5. The van der Waals surface area contributed by atoms with Crippen LogP contribution >= 0.6 is 0 Å². The van der Waals surface area contributed by atoms with Crippen molar-refractivity contribution in [3.8, 4) is 22.8 Å². The molecule has 0 aliphatic heterocycles. The number of nitrogens with zero attached hydrogens (tertiary/aromatic N) is 1. The van der Waals surface area contributed by atoms with Gasteiger partial charge in [-0.15, -0.1) is 0 Å². The molecule has 0 saturated carbocycles. The lowest BCUT2D eigenvalue weighted by Crippen LogP contribution is -2.23. The number of ether oxygens (including phenoxy) is 1. The van der Waals surface area contributed by atoms with Crippen LogP contribution in [0.1, 0.15) is 33.1 Å². The number of hydrogen-bond acceptors (Lipinski definition) is 5. The SMILES string of the molecule is CCN(CC)CCCCCOc1cc(O)c2c(=O)cc(-c3ccccc3)oc2c1. The van der Waals surface area contributed by atoms with Crippen molar-refractivity contribution < 1.29 is 14.3 Å². The molecule has 5 heteroatoms. The molecule has 0 aliphatic rings. The molecule has 1 heterocycles. The number of unbranched alkanes of at least 4 members (excludes halogenated alkanes) is 2. The predicted octanol–water partition coefficient (Wildman–Crippen LogP) is 5.06. The van der Waals surface area contributed by atoms with Crippen LogP contribution in [0, 0.1) is 0 Å². The number of aromatic hydroxyl groups is 1. The van der Waals surface area contributed by atoms with Crippen molar-refractivity contribution in [3.63, 3.8) is 0 Å². The fraction of sp³-hybridized carbons (Fsp3) is 0.375. The van der Waals surface area contributed by atoms with E-state index < -0.39 is 0 Å². The Balaban J connectivity index is 1.67. The van der Waals surface area contributed by atoms with Crippen LogP contribution in [0.2, 0.25) is 0 Å². The van der Waals surface area contributed by atoms with Crippen LogP contribution in [0.3, 0.4) is 0 Å². The Morgan fingerprint density at radius 1 is 1.00 bits per heavy atom. The normalized spacial score (nSPS) is 11.3. The van der Waals surface area contributed by atoms with Crippen LogP contribution in [0.25, 0.3) is 22.3 Å². The summed E-state index contributed by atoms with van der Waals surface area (Å²) in [4.78, 5) is 14.9. The molecule has 5 nitrogen and oxygen atoms in total. The van der Waals surface area contributed by atoms with E-state index in [1.807, 2.05) is 30.3 Å². The van der Waals surface area contributed by atoms with E-state index in [1.165, 1.54) is 12.1 Å². The highest BCUT2D eigenvalue weighted by atomic mass is 16.5. The monoisotopic (exact) mass is 395 g/mol. The molecule has 0 aliphatic carbocycles. The summed E-state index contributed by atoms with van der Waals surface area (Å²) in [7, 11) is 0. The lowest BCUT2D eigenvalue weighted by molar-refractivity contribution is 0.277. The average molecular weight is 395 g/mol. The van der Waals surface area contributed by atoms with Gasteiger partial charge < -0.3 is 19.2 Å². The minimum Gasteiger partial charge on any atom is -0.507 e. The fourth-order valence-corrected chi connectivity index (χ4v) is 3.42. The number of rotatable bonds is 10. The standard InChI is InChI=1S/C24H29NO4/c1-3-25(4-2)13-9-6-10-14-28-19-15-20(26)24-21(27)17-22(29-23(24)16-19)18-11-7-5-8-12-18/h5,7-8,11-12,15-17,26H,3-4,6,9-10,13-14H2,1-2H3. The van der Waals surface area contributed by atoms with Gasteiger partial charge in [0.05, 0.1) is 6.61 Å². The minimum atomic E-state index is -0.273. The summed E-state index contributed by atoms with van der Waals surface area (Å²) in [5.41, 5.74) is 0.865. The molecule has 0 radical (unpaired) electrons. The molecule has 3 rings (SSSR count). The van der Waals surface area contributed by atoms with Crippen LogP contribution in [0.15, 0.2) is 57.7 Å². The largest absolute Gasteiger partial charge is 0.507 e. The molecule has 0 unspecified atom stereocenters. The molecule has 0 saturated heterocycles. The third-order valence-corrected chi connectivity index (χ3v) is 5.12. The van der Waals surface area contributed by atoms with Gasteiger partial charge in [0, 0.05) is 23.8 Å². The van der Waals surface area contributed by atoms with E-state index in [1.54, 1.807) is 6.07 Å². The van der Waals surface area contributed by atoms with E-state index in [0.29, 0.717) is 23.7 Å². The van der Waals surface area contributed by atoms with E-state index in [0.717, 1.165) is 44.5 Å². The van der Waals surface area contributed by atoms with Gasteiger partial charge >= 0.3 is 0 Å². The first-order chi connectivity index (χ1) is 14.1. The first-order valence-corrected chi connectivity index (χ1v) is 10.3. The van der Waals surface area contributed by atoms with Crippen molar-refractivity contribution >= 4 is 11.0 Å². The smallest absolute Gasteiger partial charge is 0.197 e. The molecule has 154 valence electrons. The highest BCUT2D eigenvalue weighted by Crippen LogP contribution is 2.31. The Hall–Kier alpha value is -2.79. The molecule has 1 N–H and O–H groups in total. The molecule has 3 aromatic rings. The second-order valence-corrected chi connectivity index (χ2v) is 7.09. The van der Waals surface area contributed by atoms with E-state index >= 15 is 0 Å². The molecule has 29 heavy (non-hydrogen) atoms. The maximum Gasteiger partial charge on any atom is 0.197 e. The van der Waals surface area contributed by atoms with Crippen molar-refractivity contribution in [1.29, 1.82) is 0 Å². The Morgan fingerprint density at radius 2 is 1.76 bits per heavy atom. The topological polar surface area (TPSA) is 62.9 Å². The van der Waals surface area contributed by atoms with Crippen LogP contribution in [0.4, 0.5) is 0 Å². The first kappa shape index (κ1) is 20.9. The Morgan fingerprint density at radius 3 is 2.48 bits per heavy atom. The van der Waals surface area contributed by atoms with Crippen molar-refractivity contribution in [1.82, 2.24) is 4.90 Å². The third kappa shape index (κ3) is 5.39. The van der Waals surface area contributed by atoms with Crippen LogP contribution in [-0.4, -0.2) is 36.2 Å². The van der Waals surface area contributed by atoms with Gasteiger partial charge in [-0.3, -0.25) is 4.79 Å². The van der Waals surface area contributed by atoms with Crippen molar-refractivity contribution in [2.24, 2.45) is 0 Å². The Labute approximate surface area is 171 Å². The highest BCUT2D eigenvalue weighted by Gasteiger charge is 2.13. The van der Waals surface area contributed by atoms with Gasteiger partial charge in [-0.05, 0) is 38.9 Å². The fourth-order valence-electron chi connectivity index (χ4n) is 3.42. The maximum atomic E-state index is 12.5. The predicted molar refractivity (Wildman–Crippen MR) is 117 cm³/mol. The van der Waals surface area contributed by atoms with Gasteiger partial charge in [0.2, 0.25) is 0 Å². The number of phenolic OH excluding ortho intramolecular Hbond substituents is 1. The summed E-state index contributed by atoms with van der Waals surface area (Å²) in [5.74, 6) is 0.857. The van der Waals surface area contributed by atoms with E-state index in [2.05, 4.69) is 18.7 Å². The highest BCUT2D eigenvalue weighted by molar-refractivity contribution is 5.86.